The van der Waals surface area contributed by atoms with Crippen molar-refractivity contribution < 1.29 is 35.1 Å². The maximum absolute atomic E-state index is 11.8. The molecule has 0 fully saturated rings. The molecule has 0 aromatic heterocycles. The lowest BCUT2D eigenvalue weighted by Gasteiger charge is -2.14. The second-order valence-corrected chi connectivity index (χ2v) is 5.29. The lowest BCUT2D eigenvalue weighted by molar-refractivity contribution is -0.152. The van der Waals surface area contributed by atoms with Crippen LogP contribution >= 0.6 is 0 Å². The van der Waals surface area contributed by atoms with Crippen LogP contribution in [0, 0.1) is 0 Å². The molecular formula is C20H20O7. The van der Waals surface area contributed by atoms with Crippen LogP contribution < -0.4 is 0 Å². The predicted octanol–water partition coefficient (Wildman–Crippen LogP) is 2.27. The van der Waals surface area contributed by atoms with Gasteiger partial charge < -0.3 is 19.3 Å². The first-order chi connectivity index (χ1) is 13.4. The zero-order chi connectivity index (χ0) is 20.4. The maximum atomic E-state index is 11.8. The minimum atomic E-state index is -2.24. The Balaban J connectivity index is 1.68. The lowest BCUT2D eigenvalue weighted by Crippen LogP contribution is -2.21. The van der Waals surface area contributed by atoms with Crippen molar-refractivity contribution in [2.45, 2.75) is 6.08 Å². The Morgan fingerprint density at radius 1 is 0.889 bits per heavy atom. The van der Waals surface area contributed by atoms with Crippen molar-refractivity contribution in [2.24, 2.45) is 0 Å². The van der Waals surface area contributed by atoms with Crippen molar-refractivity contribution in [1.82, 2.24) is 0 Å². The van der Waals surface area contributed by atoms with Gasteiger partial charge in [0.25, 0.3) is 5.78 Å². The molecule has 0 saturated carbocycles. The number of hydrogen-bond donors (Lipinski definition) is 1. The fourth-order valence-electron chi connectivity index (χ4n) is 2.13. The molecule has 0 amide bonds. The van der Waals surface area contributed by atoms with E-state index >= 15 is 0 Å². The maximum Gasteiger partial charge on any atom is 0.379 e. The Labute approximate surface area is 157 Å². The van der Waals surface area contributed by atoms with Crippen LogP contribution in [-0.2, 0) is 23.8 Å². The normalized spacial score (nSPS) is 13.3. The Hall–Kier alpha value is -3.03. The minimum absolute atomic E-state index is 0.000574. The van der Waals surface area contributed by atoms with Crippen molar-refractivity contribution in [1.29, 1.82) is 0 Å². The monoisotopic (exact) mass is 373 g/mol. The summed E-state index contributed by atoms with van der Waals surface area (Å²) in [6.45, 7) is -0.297. The van der Waals surface area contributed by atoms with Gasteiger partial charge in [0, 0.05) is 5.56 Å². The summed E-state index contributed by atoms with van der Waals surface area (Å²) in [6, 6.07) is 16.0. The van der Waals surface area contributed by atoms with Crippen molar-refractivity contribution in [3.63, 3.8) is 0 Å². The first-order valence-electron chi connectivity index (χ1n) is 8.72. The average molecular weight is 373 g/mol. The molecule has 2 aromatic carbocycles. The largest absolute Gasteiger partial charge is 0.479 e. The zero-order valence-electron chi connectivity index (χ0n) is 15.5. The van der Waals surface area contributed by atoms with Crippen LogP contribution in [0.3, 0.4) is 0 Å². The van der Waals surface area contributed by atoms with Crippen LogP contribution in [0.5, 0.6) is 0 Å². The summed E-state index contributed by atoms with van der Waals surface area (Å²) in [5.41, 5.74) is 0.430. The summed E-state index contributed by atoms with van der Waals surface area (Å²) >= 11 is 0. The number of ether oxygens (including phenoxy) is 3. The zero-order valence-corrected chi connectivity index (χ0v) is 14.5. The number of aliphatic carboxylic acids is 1. The number of ketones is 1. The molecule has 0 heterocycles. The number of hydrogen-bond acceptors (Lipinski definition) is 6. The fraction of sp³-hybridized carbons (Fsp3) is 0.250. The Morgan fingerprint density at radius 3 is 2.11 bits per heavy atom. The molecule has 1 N–H and O–H groups in total. The number of carbonyl (C=O) groups excluding carboxylic acids is 2. The molecule has 0 bridgehead atoms. The van der Waals surface area contributed by atoms with Crippen molar-refractivity contribution in [3.8, 4) is 0 Å². The number of carbonyl (C=O) groups is 3. The van der Waals surface area contributed by atoms with Gasteiger partial charge in [-0.05, 0) is 5.56 Å². The molecule has 7 nitrogen and oxygen atoms in total. The van der Waals surface area contributed by atoms with Gasteiger partial charge in [-0.1, -0.05) is 60.7 Å². The molecule has 0 aliphatic rings. The third-order valence-electron chi connectivity index (χ3n) is 3.39. The number of Topliss-reactive ketones (excluding diaryl/α,β-unsaturated/α-hetero) is 1. The van der Waals surface area contributed by atoms with Crippen LogP contribution in [0.4, 0.5) is 0 Å². The van der Waals surface area contributed by atoms with E-state index in [-0.39, 0.29) is 37.6 Å². The van der Waals surface area contributed by atoms with Crippen molar-refractivity contribution in [2.75, 3.05) is 26.4 Å². The van der Waals surface area contributed by atoms with Crippen LogP contribution in [-0.4, -0.2) is 49.3 Å². The van der Waals surface area contributed by atoms with Crippen LogP contribution in [0.1, 0.15) is 23.4 Å². The second-order valence-electron chi connectivity index (χ2n) is 5.29. The highest BCUT2D eigenvalue weighted by atomic mass is 16.6. The third kappa shape index (κ3) is 6.65. The van der Waals surface area contributed by atoms with Gasteiger partial charge in [-0.25, -0.2) is 9.59 Å². The molecule has 2 aromatic rings. The highest BCUT2D eigenvalue weighted by Gasteiger charge is 2.20. The summed E-state index contributed by atoms with van der Waals surface area (Å²) in [6.07, 6.45) is -2.24. The number of esters is 1. The number of carboxylic acid groups (broad SMARTS) is 1. The van der Waals surface area contributed by atoms with Gasteiger partial charge in [0.15, 0.2) is 6.08 Å². The van der Waals surface area contributed by atoms with Gasteiger partial charge in [0.05, 0.1) is 21.2 Å². The summed E-state index contributed by atoms with van der Waals surface area (Å²) in [7, 11) is 0. The molecule has 0 aliphatic carbocycles. The van der Waals surface area contributed by atoms with Gasteiger partial charge in [0.2, 0.25) is 0 Å². The van der Waals surface area contributed by atoms with Crippen LogP contribution in [0.15, 0.2) is 60.7 Å². The Morgan fingerprint density at radius 2 is 1.48 bits per heavy atom. The number of benzene rings is 2. The smallest absolute Gasteiger partial charge is 0.379 e. The molecule has 2 rings (SSSR count). The van der Waals surface area contributed by atoms with Crippen LogP contribution in [0.2, 0.25) is 0 Å². The van der Waals surface area contributed by atoms with Gasteiger partial charge in [-0.2, -0.15) is 0 Å². The first kappa shape index (κ1) is 18.8. The summed E-state index contributed by atoms with van der Waals surface area (Å²) < 4.78 is 23.2. The minimum Gasteiger partial charge on any atom is -0.479 e. The van der Waals surface area contributed by atoms with E-state index in [1.165, 1.54) is 24.3 Å². The molecule has 0 radical (unpaired) electrons. The molecule has 0 aliphatic heterocycles. The molecule has 142 valence electrons. The molecule has 0 saturated heterocycles. The van der Waals surface area contributed by atoms with E-state index in [9.17, 15) is 19.5 Å². The van der Waals surface area contributed by atoms with Crippen LogP contribution in [0.25, 0.3) is 0 Å². The van der Waals surface area contributed by atoms with Gasteiger partial charge >= 0.3 is 11.9 Å². The highest BCUT2D eigenvalue weighted by molar-refractivity contribution is 6.40. The molecule has 27 heavy (non-hydrogen) atoms. The van der Waals surface area contributed by atoms with E-state index in [2.05, 4.69) is 0 Å². The number of carboxylic acids is 1. The van der Waals surface area contributed by atoms with E-state index in [0.29, 0.717) is 0 Å². The average Bonchev–Trinajstić information content (AvgIpc) is 2.73. The van der Waals surface area contributed by atoms with Gasteiger partial charge in [-0.3, -0.25) is 4.79 Å². The predicted molar refractivity (Wildman–Crippen MR) is 95.3 cm³/mol. The van der Waals surface area contributed by atoms with E-state index in [4.69, 9.17) is 15.6 Å². The second kappa shape index (κ2) is 10.8. The number of rotatable bonds is 11. The van der Waals surface area contributed by atoms with Crippen molar-refractivity contribution in [3.05, 3.63) is 71.8 Å². The molecule has 0 spiro atoms. The van der Waals surface area contributed by atoms with Crippen molar-refractivity contribution >= 4 is 17.7 Å². The first-order valence-corrected chi connectivity index (χ1v) is 8.22. The molecule has 1 unspecified atom stereocenters. The summed E-state index contributed by atoms with van der Waals surface area (Å²) in [5, 5.41) is 9.29. The topological polar surface area (TPSA) is 99.1 Å². The molecule has 7 heteroatoms. The summed E-state index contributed by atoms with van der Waals surface area (Å²) in [5.74, 6) is -3.16. The SMILES string of the molecule is [2H]C(OCCOCCOC(=O)C(=O)c1ccccc1)(C(=O)O)c1ccccc1. The molecular weight excluding hydrogens is 352 g/mol. The quantitative estimate of drug-likeness (QED) is 0.279. The lowest BCUT2D eigenvalue weighted by atomic mass is 10.1. The fourth-order valence-corrected chi connectivity index (χ4v) is 2.13. The van der Waals surface area contributed by atoms with Gasteiger partial charge in [-0.15, -0.1) is 0 Å². The third-order valence-corrected chi connectivity index (χ3v) is 3.39. The Kier molecular flexibility index (Phi) is 7.53. The van der Waals surface area contributed by atoms with E-state index < -0.39 is 23.8 Å². The Bertz CT molecular complexity index is 795. The standard InChI is InChI=1S/C20H20O7/c21-17(15-7-3-1-4-8-15)20(24)27-14-12-25-11-13-26-18(19(22)23)16-9-5-2-6-10-16/h1-10,18H,11-14H2,(H,22,23)/i18D. The molecule has 1 atom stereocenters. The summed E-state index contributed by atoms with van der Waals surface area (Å²) in [4.78, 5) is 34.9. The van der Waals surface area contributed by atoms with E-state index in [1.54, 1.807) is 36.4 Å². The highest BCUT2D eigenvalue weighted by Crippen LogP contribution is 2.16. The van der Waals surface area contributed by atoms with E-state index in [0.717, 1.165) is 0 Å². The van der Waals surface area contributed by atoms with E-state index in [1.807, 2.05) is 0 Å². The van der Waals surface area contributed by atoms with Gasteiger partial charge in [0.1, 0.15) is 6.61 Å².